The Morgan fingerprint density at radius 2 is 1.58 bits per heavy atom. The maximum Gasteiger partial charge on any atom is 0.229 e. The molecule has 7 N–H and O–H groups in total. The van der Waals surface area contributed by atoms with Crippen molar-refractivity contribution >= 4 is 11.0 Å². The van der Waals surface area contributed by atoms with Gasteiger partial charge in [0.2, 0.25) is 12.0 Å². The summed E-state index contributed by atoms with van der Waals surface area (Å²) in [5, 5.41) is 70.3. The third-order valence-corrected chi connectivity index (χ3v) is 5.76. The fourth-order valence-electron chi connectivity index (χ4n) is 3.98. The number of aromatic hydroxyl groups is 3. The first-order chi connectivity index (χ1) is 17.1. The minimum absolute atomic E-state index is 0.140. The molecule has 3 aromatic rings. The molecule has 1 saturated heterocycles. The van der Waals surface area contributed by atoms with Crippen LogP contribution in [0.15, 0.2) is 33.5 Å². The van der Waals surface area contributed by atoms with E-state index in [-0.39, 0.29) is 45.3 Å². The summed E-state index contributed by atoms with van der Waals surface area (Å²) in [7, 11) is 2.42. The Labute approximate surface area is 202 Å². The number of rotatable bonds is 6. The van der Waals surface area contributed by atoms with Gasteiger partial charge < -0.3 is 59.1 Å². The van der Waals surface area contributed by atoms with E-state index in [1.54, 1.807) is 0 Å². The van der Waals surface area contributed by atoms with Crippen molar-refractivity contribution < 1.29 is 59.1 Å². The van der Waals surface area contributed by atoms with Gasteiger partial charge in [-0.1, -0.05) is 0 Å². The van der Waals surface area contributed by atoms with Crippen molar-refractivity contribution in [2.24, 2.45) is 0 Å². The predicted molar refractivity (Wildman–Crippen MR) is 120 cm³/mol. The van der Waals surface area contributed by atoms with Crippen LogP contribution in [0, 0.1) is 0 Å². The smallest absolute Gasteiger partial charge is 0.229 e. The van der Waals surface area contributed by atoms with Gasteiger partial charge in [0.05, 0.1) is 20.8 Å². The predicted octanol–water partition coefficient (Wildman–Crippen LogP) is -0.227. The Balaban J connectivity index is 1.91. The third-order valence-electron chi connectivity index (χ3n) is 5.76. The second kappa shape index (κ2) is 9.72. The van der Waals surface area contributed by atoms with Crippen LogP contribution in [-0.4, -0.2) is 87.3 Å². The minimum atomic E-state index is -1.76. The Morgan fingerprint density at radius 3 is 2.22 bits per heavy atom. The Kier molecular flexibility index (Phi) is 6.84. The number of methoxy groups -OCH3 is 2. The van der Waals surface area contributed by atoms with Gasteiger partial charge in [0, 0.05) is 12.1 Å². The van der Waals surface area contributed by atoms with E-state index < -0.39 is 54.2 Å². The van der Waals surface area contributed by atoms with Gasteiger partial charge in [-0.2, -0.15) is 0 Å². The number of phenolic OH excluding ortho intramolecular Hbond substituents is 3. The molecular weight excluding hydrogens is 484 g/mol. The second-order valence-electron chi connectivity index (χ2n) is 7.93. The zero-order chi connectivity index (χ0) is 26.3. The number of hydrogen-bond donors (Lipinski definition) is 7. The molecule has 1 fully saturated rings. The third kappa shape index (κ3) is 4.12. The summed E-state index contributed by atoms with van der Waals surface area (Å²) in [4.78, 5) is 12.9. The summed E-state index contributed by atoms with van der Waals surface area (Å²) in [6.07, 6.45) is -7.97. The average Bonchev–Trinajstić information content (AvgIpc) is 2.84. The van der Waals surface area contributed by atoms with Gasteiger partial charge in [-0.3, -0.25) is 4.79 Å². The molecule has 0 radical (unpaired) electrons. The van der Waals surface area contributed by atoms with E-state index in [1.807, 2.05) is 0 Å². The standard InChI is InChI=1S/C23H24O13/c1-32-20-8(25)3-4-12(35-23-19(31)18(30)17(29)14(7-24)36-23)16(20)13-6-10(27)15-9(26)5-11(28)21(33-2)22(15)34-13/h3-6,14,17-19,23-26,28-31H,7H2,1-2H3/t14-,17-,18+,19-,23-/m1/s1. The second-order valence-corrected chi connectivity index (χ2v) is 7.93. The van der Waals surface area contributed by atoms with Gasteiger partial charge in [0.15, 0.2) is 28.3 Å². The molecule has 36 heavy (non-hydrogen) atoms. The molecule has 0 bridgehead atoms. The Bertz CT molecular complexity index is 1330. The van der Waals surface area contributed by atoms with E-state index in [9.17, 15) is 40.5 Å². The van der Waals surface area contributed by atoms with Crippen LogP contribution >= 0.6 is 0 Å². The van der Waals surface area contributed by atoms with Crippen LogP contribution < -0.4 is 19.6 Å². The quantitative estimate of drug-likeness (QED) is 0.230. The molecule has 5 atom stereocenters. The molecule has 0 aliphatic carbocycles. The number of aliphatic hydroxyl groups excluding tert-OH is 4. The highest BCUT2D eigenvalue weighted by molar-refractivity contribution is 5.92. The van der Waals surface area contributed by atoms with Crippen molar-refractivity contribution in [3.05, 3.63) is 34.5 Å². The summed E-state index contributed by atoms with van der Waals surface area (Å²) >= 11 is 0. The first-order valence-corrected chi connectivity index (χ1v) is 10.6. The van der Waals surface area contributed by atoms with E-state index in [1.165, 1.54) is 26.4 Å². The first kappa shape index (κ1) is 25.3. The first-order valence-electron chi connectivity index (χ1n) is 10.6. The molecule has 1 aliphatic rings. The largest absolute Gasteiger partial charge is 0.507 e. The molecule has 194 valence electrons. The highest BCUT2D eigenvalue weighted by Gasteiger charge is 2.45. The Hall–Kier alpha value is -3.75. The molecule has 2 heterocycles. The summed E-state index contributed by atoms with van der Waals surface area (Å²) in [6, 6.07) is 4.30. The summed E-state index contributed by atoms with van der Waals surface area (Å²) in [5.74, 6) is -2.36. The van der Waals surface area contributed by atoms with Gasteiger partial charge in [-0.05, 0) is 12.1 Å². The molecule has 2 aromatic carbocycles. The van der Waals surface area contributed by atoms with E-state index in [0.717, 1.165) is 12.1 Å². The molecular formula is C23H24O13. The van der Waals surface area contributed by atoms with Crippen molar-refractivity contribution in [2.75, 3.05) is 20.8 Å². The van der Waals surface area contributed by atoms with Crippen LogP contribution in [0.25, 0.3) is 22.3 Å². The van der Waals surface area contributed by atoms with E-state index in [2.05, 4.69) is 0 Å². The number of hydrogen-bond acceptors (Lipinski definition) is 13. The van der Waals surface area contributed by atoms with Crippen LogP contribution in [0.5, 0.6) is 34.5 Å². The summed E-state index contributed by atoms with van der Waals surface area (Å²) < 4.78 is 27.3. The van der Waals surface area contributed by atoms with Gasteiger partial charge in [0.1, 0.15) is 52.6 Å². The number of fused-ring (bicyclic) bond motifs is 1. The molecule has 13 nitrogen and oxygen atoms in total. The minimum Gasteiger partial charge on any atom is -0.507 e. The van der Waals surface area contributed by atoms with Crippen molar-refractivity contribution in [1.29, 1.82) is 0 Å². The van der Waals surface area contributed by atoms with Crippen LogP contribution in [0.4, 0.5) is 0 Å². The molecule has 0 spiro atoms. The molecule has 0 saturated carbocycles. The Morgan fingerprint density at radius 1 is 0.889 bits per heavy atom. The van der Waals surface area contributed by atoms with Crippen molar-refractivity contribution in [2.45, 2.75) is 30.7 Å². The fourth-order valence-corrected chi connectivity index (χ4v) is 3.98. The highest BCUT2D eigenvalue weighted by atomic mass is 16.7. The SMILES string of the molecule is COc1c(O)ccc(O[C@@H]2O[C@H](CO)[C@@H](O)[C@H](O)[C@H]2O)c1-c1cc(=O)c2c(O)cc(O)c(OC)c2o1. The number of benzene rings is 2. The van der Waals surface area contributed by atoms with Gasteiger partial charge >= 0.3 is 0 Å². The highest BCUT2D eigenvalue weighted by Crippen LogP contribution is 2.47. The number of aliphatic hydroxyl groups is 4. The van der Waals surface area contributed by atoms with E-state index in [4.69, 9.17) is 23.4 Å². The normalized spacial score (nSPS) is 24.0. The summed E-state index contributed by atoms with van der Waals surface area (Å²) in [5.41, 5.74) is -1.20. The zero-order valence-corrected chi connectivity index (χ0v) is 19.0. The molecule has 1 aliphatic heterocycles. The van der Waals surface area contributed by atoms with Crippen LogP contribution in [0.3, 0.4) is 0 Å². The maximum atomic E-state index is 12.9. The number of phenols is 3. The fraction of sp³-hybridized carbons (Fsp3) is 0.348. The monoisotopic (exact) mass is 508 g/mol. The molecule has 4 rings (SSSR count). The zero-order valence-electron chi connectivity index (χ0n) is 19.0. The van der Waals surface area contributed by atoms with Crippen LogP contribution in [0.1, 0.15) is 0 Å². The lowest BCUT2D eigenvalue weighted by Crippen LogP contribution is -2.60. The van der Waals surface area contributed by atoms with E-state index >= 15 is 0 Å². The van der Waals surface area contributed by atoms with Crippen LogP contribution in [0.2, 0.25) is 0 Å². The lowest BCUT2D eigenvalue weighted by Gasteiger charge is -2.39. The van der Waals surface area contributed by atoms with Gasteiger partial charge in [-0.15, -0.1) is 0 Å². The average molecular weight is 508 g/mol. The molecule has 1 aromatic heterocycles. The molecule has 0 unspecified atom stereocenters. The maximum absolute atomic E-state index is 12.9. The number of ether oxygens (including phenoxy) is 4. The van der Waals surface area contributed by atoms with Crippen molar-refractivity contribution in [3.8, 4) is 45.8 Å². The van der Waals surface area contributed by atoms with Gasteiger partial charge in [0.25, 0.3) is 0 Å². The van der Waals surface area contributed by atoms with Crippen molar-refractivity contribution in [3.63, 3.8) is 0 Å². The lowest BCUT2D eigenvalue weighted by atomic mass is 9.99. The van der Waals surface area contributed by atoms with Gasteiger partial charge in [-0.25, -0.2) is 0 Å². The summed E-state index contributed by atoms with van der Waals surface area (Å²) in [6.45, 7) is -0.692. The molecule has 13 heteroatoms. The molecule has 0 amide bonds. The van der Waals surface area contributed by atoms with E-state index in [0.29, 0.717) is 0 Å². The topological polar surface area (TPSA) is 209 Å². The lowest BCUT2D eigenvalue weighted by molar-refractivity contribution is -0.277. The van der Waals surface area contributed by atoms with Crippen LogP contribution in [-0.2, 0) is 4.74 Å². The van der Waals surface area contributed by atoms with Crippen molar-refractivity contribution in [1.82, 2.24) is 0 Å².